The number of fused-ring (bicyclic) bond motifs is 2. The van der Waals surface area contributed by atoms with Gasteiger partial charge in [0.15, 0.2) is 5.82 Å². The number of carbonyl (C=O) groups is 2. The Hall–Kier alpha value is -3.22. The third-order valence-corrected chi connectivity index (χ3v) is 8.02. The number of amides is 2. The normalized spacial score (nSPS) is 27.8. The molecular weight excluding hydrogens is 508 g/mol. The number of pyridine rings is 1. The maximum absolute atomic E-state index is 14.3. The van der Waals surface area contributed by atoms with Crippen molar-refractivity contribution < 1.29 is 31.9 Å². The highest BCUT2D eigenvalue weighted by Gasteiger charge is 2.47. The Bertz CT molecular complexity index is 1190. The summed E-state index contributed by atoms with van der Waals surface area (Å²) in [4.78, 5) is 33.3. The number of alkyl halides is 3. The van der Waals surface area contributed by atoms with Crippen LogP contribution in [-0.4, -0.2) is 87.8 Å². The van der Waals surface area contributed by atoms with Crippen LogP contribution >= 0.6 is 0 Å². The molecule has 0 radical (unpaired) electrons. The first-order chi connectivity index (χ1) is 18.0. The fourth-order valence-electron chi connectivity index (χ4n) is 6.15. The highest BCUT2D eigenvalue weighted by Crippen LogP contribution is 2.40. The van der Waals surface area contributed by atoms with E-state index in [1.165, 1.54) is 31.2 Å². The van der Waals surface area contributed by atoms with E-state index in [1.807, 2.05) is 0 Å². The number of piperidine rings is 2. The lowest BCUT2D eigenvalue weighted by molar-refractivity contribution is -0.188. The highest BCUT2D eigenvalue weighted by atomic mass is 19.4. The van der Waals surface area contributed by atoms with Crippen LogP contribution in [0.1, 0.15) is 49.0 Å². The molecule has 2 unspecified atom stereocenters. The number of hydrogen-bond donors (Lipinski definition) is 2. The van der Waals surface area contributed by atoms with E-state index < -0.39 is 18.0 Å². The summed E-state index contributed by atoms with van der Waals surface area (Å²) in [6.45, 7) is 0.145. The van der Waals surface area contributed by atoms with Crippen LogP contribution in [0.2, 0.25) is 0 Å². The van der Waals surface area contributed by atoms with Crippen LogP contribution in [0.25, 0.3) is 11.3 Å². The van der Waals surface area contributed by atoms with E-state index in [2.05, 4.69) is 20.5 Å². The topological polar surface area (TPSA) is 103 Å². The SMILES string of the molecule is COc1cc(-c2cc(C(=O)N3C4CCC3CC(C(=O)N[C@@H]3CC[C@@H](C(F)(F)F)N(C)C3)C4)[nH]n2)c(F)cn1. The molecule has 2 aromatic rings. The molecule has 0 aromatic carbocycles. The molecule has 2 aromatic heterocycles. The van der Waals surface area contributed by atoms with Crippen LogP contribution in [0, 0.1) is 11.7 Å². The molecule has 0 aliphatic carbocycles. The number of likely N-dealkylation sites (N-methyl/N-ethyl adjacent to an activating group) is 1. The summed E-state index contributed by atoms with van der Waals surface area (Å²) in [6, 6.07) is 0.808. The molecule has 0 spiro atoms. The van der Waals surface area contributed by atoms with Crippen LogP contribution < -0.4 is 10.1 Å². The summed E-state index contributed by atoms with van der Waals surface area (Å²) in [5, 5.41) is 9.77. The number of halogens is 4. The molecule has 0 saturated carbocycles. The second kappa shape index (κ2) is 10.2. The molecule has 3 aliphatic heterocycles. The largest absolute Gasteiger partial charge is 0.481 e. The second-order valence-electron chi connectivity index (χ2n) is 10.4. The Morgan fingerprint density at radius 3 is 2.47 bits per heavy atom. The minimum Gasteiger partial charge on any atom is -0.481 e. The van der Waals surface area contributed by atoms with E-state index in [-0.39, 0.29) is 78.1 Å². The minimum atomic E-state index is -4.28. The zero-order valence-corrected chi connectivity index (χ0v) is 21.1. The van der Waals surface area contributed by atoms with Gasteiger partial charge < -0.3 is 15.0 Å². The maximum Gasteiger partial charge on any atom is 0.404 e. The van der Waals surface area contributed by atoms with Crippen LogP contribution in [0.15, 0.2) is 18.3 Å². The van der Waals surface area contributed by atoms with Crippen LogP contribution in [0.3, 0.4) is 0 Å². The number of nitrogens with one attached hydrogen (secondary N) is 2. The molecule has 3 aliphatic rings. The van der Waals surface area contributed by atoms with Crippen molar-refractivity contribution in [1.29, 1.82) is 0 Å². The quantitative estimate of drug-likeness (QED) is 0.567. The lowest BCUT2D eigenvalue weighted by atomic mass is 9.89. The molecule has 2 bridgehead atoms. The Balaban J connectivity index is 1.21. The number of nitrogens with zero attached hydrogens (tertiary/aromatic N) is 4. The average molecular weight is 539 g/mol. The molecule has 3 saturated heterocycles. The molecular formula is C25H30F4N6O3. The lowest BCUT2D eigenvalue weighted by Gasteiger charge is -2.40. The van der Waals surface area contributed by atoms with Crippen molar-refractivity contribution in [3.8, 4) is 17.1 Å². The van der Waals surface area contributed by atoms with E-state index in [4.69, 9.17) is 4.74 Å². The molecule has 206 valence electrons. The Labute approximate surface area is 216 Å². The highest BCUT2D eigenvalue weighted by molar-refractivity contribution is 5.94. The van der Waals surface area contributed by atoms with Gasteiger partial charge in [0.2, 0.25) is 11.8 Å². The summed E-state index contributed by atoms with van der Waals surface area (Å²) >= 11 is 0. The van der Waals surface area contributed by atoms with Gasteiger partial charge in [-0.3, -0.25) is 19.6 Å². The van der Waals surface area contributed by atoms with Gasteiger partial charge in [-0.05, 0) is 51.6 Å². The zero-order chi connectivity index (χ0) is 27.2. The van der Waals surface area contributed by atoms with Crippen molar-refractivity contribution in [3.05, 3.63) is 29.8 Å². The smallest absolute Gasteiger partial charge is 0.404 e. The fraction of sp³-hybridized carbons (Fsp3) is 0.600. The molecule has 13 heteroatoms. The van der Waals surface area contributed by atoms with E-state index in [9.17, 15) is 27.2 Å². The lowest BCUT2D eigenvalue weighted by Crippen LogP contribution is -2.56. The fourth-order valence-corrected chi connectivity index (χ4v) is 6.15. The van der Waals surface area contributed by atoms with E-state index in [1.54, 1.807) is 4.90 Å². The van der Waals surface area contributed by atoms with E-state index >= 15 is 0 Å². The third-order valence-electron chi connectivity index (χ3n) is 8.02. The predicted octanol–water partition coefficient (Wildman–Crippen LogP) is 3.14. The van der Waals surface area contributed by atoms with Crippen LogP contribution in [0.4, 0.5) is 17.6 Å². The van der Waals surface area contributed by atoms with Crippen molar-refractivity contribution in [2.45, 2.75) is 68.9 Å². The number of rotatable bonds is 5. The first kappa shape index (κ1) is 26.4. The number of methoxy groups -OCH3 is 1. The number of likely N-dealkylation sites (tertiary alicyclic amines) is 1. The Morgan fingerprint density at radius 1 is 1.13 bits per heavy atom. The van der Waals surface area contributed by atoms with E-state index in [0.29, 0.717) is 12.8 Å². The molecule has 4 atom stereocenters. The molecule has 2 N–H and O–H groups in total. The number of hydrogen-bond acceptors (Lipinski definition) is 6. The molecule has 5 heterocycles. The summed E-state index contributed by atoms with van der Waals surface area (Å²) in [5.74, 6) is -1.11. The summed E-state index contributed by atoms with van der Waals surface area (Å²) in [6.07, 6.45) is -0.537. The van der Waals surface area contributed by atoms with Crippen LogP contribution in [0.5, 0.6) is 5.88 Å². The van der Waals surface area contributed by atoms with Gasteiger partial charge in [-0.1, -0.05) is 0 Å². The first-order valence-corrected chi connectivity index (χ1v) is 12.7. The maximum atomic E-state index is 14.3. The van der Waals surface area contributed by atoms with Crippen molar-refractivity contribution >= 4 is 11.8 Å². The summed E-state index contributed by atoms with van der Waals surface area (Å²) in [5.41, 5.74) is 0.623. The van der Waals surface area contributed by atoms with E-state index in [0.717, 1.165) is 19.0 Å². The predicted molar refractivity (Wildman–Crippen MR) is 128 cm³/mol. The summed E-state index contributed by atoms with van der Waals surface area (Å²) in [7, 11) is 2.85. The number of carbonyl (C=O) groups excluding carboxylic acids is 2. The monoisotopic (exact) mass is 538 g/mol. The molecule has 38 heavy (non-hydrogen) atoms. The van der Waals surface area contributed by atoms with Crippen molar-refractivity contribution in [2.75, 3.05) is 20.7 Å². The Morgan fingerprint density at radius 2 is 1.84 bits per heavy atom. The van der Waals surface area contributed by atoms with Gasteiger partial charge in [-0.2, -0.15) is 18.3 Å². The average Bonchev–Trinajstić information content (AvgIpc) is 3.45. The van der Waals surface area contributed by atoms with Gasteiger partial charge in [-0.25, -0.2) is 9.37 Å². The van der Waals surface area contributed by atoms with Gasteiger partial charge in [0.05, 0.1) is 19.0 Å². The van der Waals surface area contributed by atoms with Crippen molar-refractivity contribution in [2.24, 2.45) is 5.92 Å². The molecule has 9 nitrogen and oxygen atoms in total. The third kappa shape index (κ3) is 5.07. The van der Waals surface area contributed by atoms with Crippen molar-refractivity contribution in [1.82, 2.24) is 30.3 Å². The molecule has 5 rings (SSSR count). The van der Waals surface area contributed by atoms with Crippen molar-refractivity contribution in [3.63, 3.8) is 0 Å². The standard InChI is InChI=1S/C25H30F4N6O3/c1-34-12-14(3-6-21(34)25(27,28)29)31-23(36)13-7-15-4-5-16(8-13)35(15)24(37)20-10-19(32-33-20)17-9-22(38-2)30-11-18(17)26/h9-11,13-16,21H,3-8,12H2,1-2H3,(H,31,36)(H,32,33)/t13?,14-,15?,16?,21+/m1/s1. The minimum absolute atomic E-state index is 0.0501. The van der Waals surface area contributed by atoms with Crippen LogP contribution in [-0.2, 0) is 4.79 Å². The first-order valence-electron chi connectivity index (χ1n) is 12.7. The number of H-pyrrole nitrogens is 1. The molecule has 3 fully saturated rings. The van der Waals surface area contributed by atoms with Gasteiger partial charge in [0, 0.05) is 42.2 Å². The van der Waals surface area contributed by atoms with Gasteiger partial charge >= 0.3 is 6.18 Å². The summed E-state index contributed by atoms with van der Waals surface area (Å²) < 4.78 is 58.8. The zero-order valence-electron chi connectivity index (χ0n) is 21.1. The number of aromatic nitrogens is 3. The Kier molecular flexibility index (Phi) is 7.05. The van der Waals surface area contributed by atoms with Gasteiger partial charge in [0.25, 0.3) is 5.91 Å². The second-order valence-corrected chi connectivity index (χ2v) is 10.4. The number of ether oxygens (including phenoxy) is 1. The van der Waals surface area contributed by atoms with Gasteiger partial charge in [-0.15, -0.1) is 0 Å². The van der Waals surface area contributed by atoms with Gasteiger partial charge in [0.1, 0.15) is 11.7 Å². The number of aromatic amines is 1. The molecule has 2 amide bonds.